The molecule has 0 aromatic heterocycles. The number of hydrogen-bond acceptors (Lipinski definition) is 6. The normalized spacial score (nSPS) is 13.1. The summed E-state index contributed by atoms with van der Waals surface area (Å²) in [5.74, 6) is -1.54. The second-order valence-corrected chi connectivity index (χ2v) is 17.7. The number of unbranched alkanes of at least 4 members (excludes halogenated alkanes) is 26. The minimum atomic E-state index is -0.878. The summed E-state index contributed by atoms with van der Waals surface area (Å²) in [6.45, 7) is 4.70. The first-order valence-electron chi connectivity index (χ1n) is 24.4. The molecular weight excluding hydrogens is 727 g/mol. The highest BCUT2D eigenvalue weighted by Gasteiger charge is 2.31. The summed E-state index contributed by atoms with van der Waals surface area (Å²) in [7, 11) is 5.52. The number of carbonyl (C=O) groups is 3. The smallest absolute Gasteiger partial charge is 0.362 e. The molecule has 58 heavy (non-hydrogen) atoms. The number of carboxylic acid groups (broad SMARTS) is 1. The average Bonchev–Trinajstić information content (AvgIpc) is 3.18. The highest BCUT2D eigenvalue weighted by molar-refractivity contribution is 5.72. The predicted octanol–water partition coefficient (Wildman–Crippen LogP) is 13.6. The molecule has 0 rings (SSSR count). The molecule has 0 aromatic rings. The number of carboxylic acids is 1. The highest BCUT2D eigenvalue weighted by Crippen LogP contribution is 2.16. The van der Waals surface area contributed by atoms with Crippen molar-refractivity contribution < 1.29 is 38.2 Å². The van der Waals surface area contributed by atoms with E-state index in [1.807, 2.05) is 27.2 Å². The number of nitrogens with zero attached hydrogens (tertiary/aromatic N) is 1. The van der Waals surface area contributed by atoms with Crippen molar-refractivity contribution in [3.05, 3.63) is 24.3 Å². The van der Waals surface area contributed by atoms with E-state index in [9.17, 15) is 19.5 Å². The third-order valence-corrected chi connectivity index (χ3v) is 11.1. The molecule has 0 aromatic carbocycles. The first-order valence-corrected chi connectivity index (χ1v) is 24.4. The number of ether oxygens (including phenoxy) is 3. The fraction of sp³-hybridized carbons (Fsp3) is 0.860. The van der Waals surface area contributed by atoms with Crippen molar-refractivity contribution in [3.63, 3.8) is 0 Å². The molecule has 340 valence electrons. The molecule has 0 aliphatic rings. The Hall–Kier alpha value is -2.19. The lowest BCUT2D eigenvalue weighted by Gasteiger charge is -2.31. The summed E-state index contributed by atoms with van der Waals surface area (Å²) in [4.78, 5) is 37.0. The zero-order chi connectivity index (χ0) is 42.8. The summed E-state index contributed by atoms with van der Waals surface area (Å²) in [5, 5.41) is 9.63. The van der Waals surface area contributed by atoms with Crippen LogP contribution in [0.2, 0.25) is 0 Å². The molecule has 0 radical (unpaired) electrons. The van der Waals surface area contributed by atoms with Gasteiger partial charge in [-0.05, 0) is 32.1 Å². The highest BCUT2D eigenvalue weighted by atomic mass is 16.6. The Morgan fingerprint density at radius 2 is 0.948 bits per heavy atom. The van der Waals surface area contributed by atoms with E-state index < -0.39 is 18.1 Å². The molecule has 0 saturated carbocycles. The van der Waals surface area contributed by atoms with Crippen LogP contribution >= 0.6 is 0 Å². The fourth-order valence-electron chi connectivity index (χ4n) is 7.32. The predicted molar refractivity (Wildman–Crippen MR) is 243 cm³/mol. The number of carbonyl (C=O) groups excluding carboxylic acids is 2. The lowest BCUT2D eigenvalue weighted by atomic mass is 10.0. The Morgan fingerprint density at radius 3 is 1.40 bits per heavy atom. The lowest BCUT2D eigenvalue weighted by Crippen LogP contribution is -2.50. The van der Waals surface area contributed by atoms with Crippen LogP contribution in [0, 0.1) is 0 Å². The SMILES string of the molecule is CCCCCCCC/C=C/C/C=C/CCC(=O)OCC(COCCC(C(=O)O)[N+](C)(C)C)OC(=O)CCCCCCCCCCCCCCCCCCCCCCC. The minimum absolute atomic E-state index is 0.0484. The van der Waals surface area contributed by atoms with Gasteiger partial charge in [0, 0.05) is 19.3 Å². The molecule has 0 saturated heterocycles. The van der Waals surface area contributed by atoms with Crippen LogP contribution in [0.3, 0.4) is 0 Å². The molecule has 0 bridgehead atoms. The number of likely N-dealkylation sites (N-methyl/N-ethyl adjacent to an activating group) is 1. The number of allylic oxidation sites excluding steroid dienone is 4. The maximum Gasteiger partial charge on any atom is 0.362 e. The van der Waals surface area contributed by atoms with Crippen molar-refractivity contribution >= 4 is 17.9 Å². The number of aliphatic carboxylic acids is 1. The summed E-state index contributed by atoms with van der Waals surface area (Å²) in [6.07, 6.45) is 46.7. The Kier molecular flexibility index (Phi) is 40.0. The second-order valence-electron chi connectivity index (χ2n) is 17.7. The van der Waals surface area contributed by atoms with Gasteiger partial charge in [-0.2, -0.15) is 0 Å². The quantitative estimate of drug-likeness (QED) is 0.0283. The van der Waals surface area contributed by atoms with Crippen molar-refractivity contribution in [3.8, 4) is 0 Å². The van der Waals surface area contributed by atoms with Crippen molar-refractivity contribution in [2.24, 2.45) is 0 Å². The van der Waals surface area contributed by atoms with E-state index in [0.29, 0.717) is 19.3 Å². The largest absolute Gasteiger partial charge is 0.477 e. The number of hydrogen-bond donors (Lipinski definition) is 1. The van der Waals surface area contributed by atoms with Gasteiger partial charge in [-0.25, -0.2) is 4.79 Å². The van der Waals surface area contributed by atoms with Gasteiger partial charge in [0.05, 0.1) is 34.4 Å². The van der Waals surface area contributed by atoms with Crippen LogP contribution < -0.4 is 0 Å². The summed E-state index contributed by atoms with van der Waals surface area (Å²) in [6, 6.07) is -0.619. The van der Waals surface area contributed by atoms with Gasteiger partial charge < -0.3 is 23.8 Å². The third-order valence-electron chi connectivity index (χ3n) is 11.1. The van der Waals surface area contributed by atoms with Crippen molar-refractivity contribution in [2.75, 3.05) is 41.0 Å². The summed E-state index contributed by atoms with van der Waals surface area (Å²) < 4.78 is 17.3. The first kappa shape index (κ1) is 55.8. The van der Waals surface area contributed by atoms with Gasteiger partial charge in [-0.3, -0.25) is 9.59 Å². The number of esters is 2. The van der Waals surface area contributed by atoms with Crippen LogP contribution in [0.15, 0.2) is 24.3 Å². The molecule has 0 spiro atoms. The molecule has 2 atom stereocenters. The monoisotopic (exact) mass is 821 g/mol. The second kappa shape index (κ2) is 41.5. The van der Waals surface area contributed by atoms with Gasteiger partial charge in [0.2, 0.25) is 0 Å². The molecule has 0 amide bonds. The van der Waals surface area contributed by atoms with E-state index in [0.717, 1.165) is 32.1 Å². The van der Waals surface area contributed by atoms with E-state index in [1.165, 1.54) is 154 Å². The lowest BCUT2D eigenvalue weighted by molar-refractivity contribution is -0.887. The van der Waals surface area contributed by atoms with Gasteiger partial charge >= 0.3 is 17.9 Å². The van der Waals surface area contributed by atoms with Gasteiger partial charge in [-0.15, -0.1) is 0 Å². The van der Waals surface area contributed by atoms with E-state index in [2.05, 4.69) is 32.1 Å². The van der Waals surface area contributed by atoms with Crippen molar-refractivity contribution in [2.45, 2.75) is 238 Å². The zero-order valence-corrected chi connectivity index (χ0v) is 38.8. The summed E-state index contributed by atoms with van der Waals surface area (Å²) in [5.41, 5.74) is 0. The molecule has 0 heterocycles. The minimum Gasteiger partial charge on any atom is -0.477 e. The molecule has 0 aliphatic carbocycles. The molecule has 2 unspecified atom stereocenters. The molecule has 8 heteroatoms. The Labute approximate surface area is 358 Å². The summed E-state index contributed by atoms with van der Waals surface area (Å²) >= 11 is 0. The van der Waals surface area contributed by atoms with Crippen LogP contribution in [0.5, 0.6) is 0 Å². The Bertz CT molecular complexity index is 1000. The van der Waals surface area contributed by atoms with Crippen LogP contribution in [-0.4, -0.2) is 80.6 Å². The third kappa shape index (κ3) is 39.3. The topological polar surface area (TPSA) is 99.1 Å². The molecule has 0 aliphatic heterocycles. The van der Waals surface area contributed by atoms with E-state index in [-0.39, 0.29) is 42.7 Å². The number of rotatable bonds is 44. The molecule has 1 N–H and O–H groups in total. The van der Waals surface area contributed by atoms with Crippen molar-refractivity contribution in [1.29, 1.82) is 0 Å². The average molecular weight is 821 g/mol. The van der Waals surface area contributed by atoms with Crippen LogP contribution in [-0.2, 0) is 28.6 Å². The molecular formula is C50H94NO7+. The zero-order valence-electron chi connectivity index (χ0n) is 38.8. The Balaban J connectivity index is 4.26. The maximum absolute atomic E-state index is 12.8. The van der Waals surface area contributed by atoms with Gasteiger partial charge in [-0.1, -0.05) is 199 Å². The Morgan fingerprint density at radius 1 is 0.517 bits per heavy atom. The van der Waals surface area contributed by atoms with Crippen molar-refractivity contribution in [1.82, 2.24) is 0 Å². The van der Waals surface area contributed by atoms with E-state index >= 15 is 0 Å². The number of quaternary nitrogens is 1. The van der Waals surface area contributed by atoms with Gasteiger partial charge in [0.25, 0.3) is 0 Å². The molecule has 0 fully saturated rings. The van der Waals surface area contributed by atoms with Crippen LogP contribution in [0.25, 0.3) is 0 Å². The standard InChI is InChI=1S/C50H93NO7/c1-6-8-10-12-14-16-18-20-21-22-23-24-25-26-27-29-31-33-35-37-39-41-49(53)58-46(44-56-43-42-47(50(54)55)51(3,4)5)45-57-48(52)40-38-36-34-32-30-28-19-17-15-13-11-9-7-2/h28,30,34,36,46-47H,6-27,29,31-33,35,37-45H2,1-5H3/p+1/b30-28+,36-34+. The van der Waals surface area contributed by atoms with Crippen LogP contribution in [0.1, 0.15) is 226 Å². The van der Waals surface area contributed by atoms with Gasteiger partial charge in [0.15, 0.2) is 12.1 Å². The van der Waals surface area contributed by atoms with E-state index in [1.54, 1.807) is 0 Å². The fourth-order valence-corrected chi connectivity index (χ4v) is 7.32. The maximum atomic E-state index is 12.8. The molecule has 8 nitrogen and oxygen atoms in total. The van der Waals surface area contributed by atoms with Gasteiger partial charge in [0.1, 0.15) is 6.61 Å². The van der Waals surface area contributed by atoms with E-state index in [4.69, 9.17) is 14.2 Å². The van der Waals surface area contributed by atoms with Crippen LogP contribution in [0.4, 0.5) is 0 Å². The first-order chi connectivity index (χ1) is 28.1.